The zero-order valence-electron chi connectivity index (χ0n) is 11.6. The number of pyridine rings is 1. The summed E-state index contributed by atoms with van der Waals surface area (Å²) >= 11 is 0. The monoisotopic (exact) mass is 274 g/mol. The molecule has 1 amide bonds. The van der Waals surface area contributed by atoms with Crippen LogP contribution in [0.2, 0.25) is 0 Å². The topological polar surface area (TPSA) is 71.2 Å². The van der Waals surface area contributed by atoms with Gasteiger partial charge in [-0.1, -0.05) is 18.2 Å². The Morgan fingerprint density at radius 2 is 2.15 bits per heavy atom. The van der Waals surface area contributed by atoms with Gasteiger partial charge in [0, 0.05) is 36.7 Å². The SMILES string of the molecule is COCC[C@@H](C)NC(=O)c1cc(=O)[nH]c2ccccc12. The zero-order valence-corrected chi connectivity index (χ0v) is 11.6. The van der Waals surface area contributed by atoms with Gasteiger partial charge < -0.3 is 15.0 Å². The highest BCUT2D eigenvalue weighted by Gasteiger charge is 2.13. The Bertz CT molecular complexity index is 663. The number of benzene rings is 1. The van der Waals surface area contributed by atoms with Crippen molar-refractivity contribution in [1.29, 1.82) is 0 Å². The molecule has 1 aromatic carbocycles. The molecule has 5 nitrogen and oxygen atoms in total. The van der Waals surface area contributed by atoms with Crippen LogP contribution in [0.25, 0.3) is 10.9 Å². The van der Waals surface area contributed by atoms with Gasteiger partial charge in [-0.3, -0.25) is 9.59 Å². The molecule has 1 heterocycles. The molecule has 106 valence electrons. The molecule has 2 rings (SSSR count). The second-order valence-electron chi connectivity index (χ2n) is 4.75. The quantitative estimate of drug-likeness (QED) is 0.871. The number of hydrogen-bond donors (Lipinski definition) is 2. The number of aromatic amines is 1. The van der Waals surface area contributed by atoms with E-state index in [-0.39, 0.29) is 17.5 Å². The number of fused-ring (bicyclic) bond motifs is 1. The first-order chi connectivity index (χ1) is 9.61. The predicted molar refractivity (Wildman–Crippen MR) is 78.0 cm³/mol. The van der Waals surface area contributed by atoms with Gasteiger partial charge in [0.2, 0.25) is 5.56 Å². The van der Waals surface area contributed by atoms with E-state index in [4.69, 9.17) is 4.74 Å². The van der Waals surface area contributed by atoms with E-state index in [0.717, 1.165) is 11.8 Å². The van der Waals surface area contributed by atoms with Gasteiger partial charge >= 0.3 is 0 Å². The van der Waals surface area contributed by atoms with Crippen molar-refractivity contribution in [2.24, 2.45) is 0 Å². The maximum atomic E-state index is 12.3. The van der Waals surface area contributed by atoms with E-state index >= 15 is 0 Å². The summed E-state index contributed by atoms with van der Waals surface area (Å²) in [7, 11) is 1.62. The molecule has 2 aromatic rings. The van der Waals surface area contributed by atoms with E-state index in [1.807, 2.05) is 25.1 Å². The summed E-state index contributed by atoms with van der Waals surface area (Å²) in [6.07, 6.45) is 0.726. The van der Waals surface area contributed by atoms with Crippen LogP contribution in [-0.2, 0) is 4.74 Å². The molecular formula is C15H18N2O3. The standard InChI is InChI=1S/C15H18N2O3/c1-10(7-8-20-2)16-15(19)12-9-14(18)17-13-6-4-3-5-11(12)13/h3-6,9-10H,7-8H2,1-2H3,(H,16,19)(H,17,18)/t10-/m1/s1. The number of aromatic nitrogens is 1. The van der Waals surface area contributed by atoms with E-state index in [9.17, 15) is 9.59 Å². The Morgan fingerprint density at radius 3 is 2.90 bits per heavy atom. The number of amides is 1. The van der Waals surface area contributed by atoms with Crippen molar-refractivity contribution in [3.05, 3.63) is 46.2 Å². The van der Waals surface area contributed by atoms with E-state index in [0.29, 0.717) is 17.7 Å². The highest BCUT2D eigenvalue weighted by Crippen LogP contribution is 2.14. The number of hydrogen-bond acceptors (Lipinski definition) is 3. The zero-order chi connectivity index (χ0) is 14.5. The molecule has 1 atom stereocenters. The van der Waals surface area contributed by atoms with Crippen LogP contribution in [-0.4, -0.2) is 30.6 Å². The molecule has 0 bridgehead atoms. The molecule has 5 heteroatoms. The fourth-order valence-electron chi connectivity index (χ4n) is 2.06. The average molecular weight is 274 g/mol. The molecule has 0 saturated heterocycles. The molecule has 0 unspecified atom stereocenters. The Morgan fingerprint density at radius 1 is 1.40 bits per heavy atom. The maximum absolute atomic E-state index is 12.3. The van der Waals surface area contributed by atoms with E-state index in [1.165, 1.54) is 6.07 Å². The van der Waals surface area contributed by atoms with Crippen LogP contribution in [0.15, 0.2) is 35.1 Å². The molecular weight excluding hydrogens is 256 g/mol. The number of methoxy groups -OCH3 is 1. The minimum atomic E-state index is -0.279. The Balaban J connectivity index is 2.28. The van der Waals surface area contributed by atoms with Crippen LogP contribution >= 0.6 is 0 Å². The second kappa shape index (κ2) is 6.34. The molecule has 0 radical (unpaired) electrons. The van der Waals surface area contributed by atoms with Gasteiger partial charge in [-0.25, -0.2) is 0 Å². The smallest absolute Gasteiger partial charge is 0.252 e. The van der Waals surface area contributed by atoms with Crippen molar-refractivity contribution >= 4 is 16.8 Å². The lowest BCUT2D eigenvalue weighted by Crippen LogP contribution is -2.34. The number of H-pyrrole nitrogens is 1. The van der Waals surface area contributed by atoms with Gasteiger partial charge in [0.05, 0.1) is 5.56 Å². The van der Waals surface area contributed by atoms with E-state index in [1.54, 1.807) is 13.2 Å². The fourth-order valence-corrected chi connectivity index (χ4v) is 2.06. The summed E-state index contributed by atoms with van der Waals surface area (Å²) < 4.78 is 4.98. The second-order valence-corrected chi connectivity index (χ2v) is 4.75. The third-order valence-electron chi connectivity index (χ3n) is 3.13. The lowest BCUT2D eigenvalue weighted by molar-refractivity contribution is 0.0931. The molecule has 0 aliphatic carbocycles. The lowest BCUT2D eigenvalue weighted by Gasteiger charge is -2.14. The van der Waals surface area contributed by atoms with Crippen LogP contribution in [0.5, 0.6) is 0 Å². The highest BCUT2D eigenvalue weighted by molar-refractivity contribution is 6.06. The number of rotatable bonds is 5. The summed E-state index contributed by atoms with van der Waals surface area (Å²) in [4.78, 5) is 26.6. The van der Waals surface area contributed by atoms with Crippen molar-refractivity contribution < 1.29 is 9.53 Å². The molecule has 0 aliphatic heterocycles. The van der Waals surface area contributed by atoms with Crippen LogP contribution in [0.3, 0.4) is 0 Å². The number of nitrogens with one attached hydrogen (secondary N) is 2. The van der Waals surface area contributed by atoms with Crippen LogP contribution < -0.4 is 10.9 Å². The Kier molecular flexibility index (Phi) is 4.53. The number of carbonyl (C=O) groups is 1. The first-order valence-corrected chi connectivity index (χ1v) is 6.53. The Hall–Kier alpha value is -2.14. The lowest BCUT2D eigenvalue weighted by atomic mass is 10.1. The number of ether oxygens (including phenoxy) is 1. The van der Waals surface area contributed by atoms with Crippen LogP contribution in [0.4, 0.5) is 0 Å². The molecule has 0 fully saturated rings. The third kappa shape index (κ3) is 3.24. The van der Waals surface area contributed by atoms with E-state index in [2.05, 4.69) is 10.3 Å². The molecule has 1 aromatic heterocycles. The largest absolute Gasteiger partial charge is 0.385 e. The third-order valence-corrected chi connectivity index (χ3v) is 3.13. The van der Waals surface area contributed by atoms with Crippen molar-refractivity contribution in [1.82, 2.24) is 10.3 Å². The van der Waals surface area contributed by atoms with Crippen molar-refractivity contribution in [2.75, 3.05) is 13.7 Å². The van der Waals surface area contributed by atoms with Crippen molar-refractivity contribution in [3.63, 3.8) is 0 Å². The van der Waals surface area contributed by atoms with Gasteiger partial charge in [-0.05, 0) is 19.4 Å². The van der Waals surface area contributed by atoms with Crippen molar-refractivity contribution in [2.45, 2.75) is 19.4 Å². The minimum absolute atomic E-state index is 0.0134. The first kappa shape index (κ1) is 14.3. The number of carbonyl (C=O) groups excluding carboxylic acids is 1. The van der Waals surface area contributed by atoms with E-state index < -0.39 is 0 Å². The minimum Gasteiger partial charge on any atom is -0.385 e. The average Bonchev–Trinajstić information content (AvgIpc) is 2.44. The van der Waals surface area contributed by atoms with Crippen LogP contribution in [0.1, 0.15) is 23.7 Å². The molecule has 2 N–H and O–H groups in total. The summed E-state index contributed by atoms with van der Waals surface area (Å²) in [5.74, 6) is -0.240. The van der Waals surface area contributed by atoms with Gasteiger partial charge in [0.1, 0.15) is 0 Å². The summed E-state index contributed by atoms with van der Waals surface area (Å²) in [6, 6.07) is 8.58. The predicted octanol–water partition coefficient (Wildman–Crippen LogP) is 1.68. The molecule has 0 saturated carbocycles. The molecule has 20 heavy (non-hydrogen) atoms. The highest BCUT2D eigenvalue weighted by atomic mass is 16.5. The van der Waals surface area contributed by atoms with Gasteiger partial charge in [0.25, 0.3) is 5.91 Å². The van der Waals surface area contributed by atoms with Crippen LogP contribution in [0, 0.1) is 0 Å². The molecule has 0 spiro atoms. The molecule has 0 aliphatic rings. The first-order valence-electron chi connectivity index (χ1n) is 6.53. The fraction of sp³-hybridized carbons (Fsp3) is 0.333. The summed E-state index contributed by atoms with van der Waals surface area (Å²) in [5, 5.41) is 3.62. The van der Waals surface area contributed by atoms with Crippen molar-refractivity contribution in [3.8, 4) is 0 Å². The maximum Gasteiger partial charge on any atom is 0.252 e. The van der Waals surface area contributed by atoms with Gasteiger partial charge in [-0.15, -0.1) is 0 Å². The van der Waals surface area contributed by atoms with Gasteiger partial charge in [0.15, 0.2) is 0 Å². The van der Waals surface area contributed by atoms with Gasteiger partial charge in [-0.2, -0.15) is 0 Å². The Labute approximate surface area is 117 Å². The normalized spacial score (nSPS) is 12.3. The summed E-state index contributed by atoms with van der Waals surface area (Å²) in [5.41, 5.74) is 0.779. The summed E-state index contributed by atoms with van der Waals surface area (Å²) in [6.45, 7) is 2.49. The number of para-hydroxylation sites is 1.